The molecule has 17 heavy (non-hydrogen) atoms. The summed E-state index contributed by atoms with van der Waals surface area (Å²) in [4.78, 5) is 12.5. The average molecular weight is 226 g/mol. The van der Waals surface area contributed by atoms with Crippen molar-refractivity contribution in [2.45, 2.75) is 6.54 Å². The number of fused-ring (bicyclic) bond motifs is 1. The molecule has 0 bridgehead atoms. The molecule has 0 atom stereocenters. The lowest BCUT2D eigenvalue weighted by molar-refractivity contribution is 0.518. The smallest absolute Gasteiger partial charge is 0.164 e. The van der Waals surface area contributed by atoms with Crippen LogP contribution in [0.15, 0.2) is 47.5 Å². The van der Waals surface area contributed by atoms with Gasteiger partial charge in [-0.1, -0.05) is 0 Å². The molecule has 0 unspecified atom stereocenters. The number of nitrogens with one attached hydrogen (secondary N) is 1. The minimum atomic E-state index is 0.591. The van der Waals surface area contributed by atoms with Gasteiger partial charge in [0.05, 0.1) is 18.2 Å². The van der Waals surface area contributed by atoms with E-state index in [1.54, 1.807) is 12.5 Å². The Labute approximate surface area is 97.5 Å². The maximum absolute atomic E-state index is 5.25. The lowest BCUT2D eigenvalue weighted by atomic mass is 10.3. The fraction of sp³-hybridized carbons (Fsp3) is 0.0833. The first-order valence-electron chi connectivity index (χ1n) is 5.25. The normalized spacial score (nSPS) is 10.6. The highest BCUT2D eigenvalue weighted by molar-refractivity contribution is 5.85. The Morgan fingerprint density at radius 2 is 2.12 bits per heavy atom. The summed E-state index contributed by atoms with van der Waals surface area (Å²) in [6.45, 7) is 0.591. The summed E-state index contributed by atoms with van der Waals surface area (Å²) in [5.74, 6) is 1.63. The molecule has 5 nitrogen and oxygen atoms in total. The van der Waals surface area contributed by atoms with Crippen molar-refractivity contribution in [2.24, 2.45) is 0 Å². The lowest BCUT2D eigenvalue weighted by Crippen LogP contribution is -2.02. The number of hydrogen-bond acceptors (Lipinski definition) is 5. The first-order valence-corrected chi connectivity index (χ1v) is 5.25. The SMILES string of the molecule is c1coc(CNc2ncnc3ncccc23)c1. The van der Waals surface area contributed by atoms with Crippen molar-refractivity contribution in [3.05, 3.63) is 48.8 Å². The van der Waals surface area contributed by atoms with Gasteiger partial charge in [-0.25, -0.2) is 15.0 Å². The Morgan fingerprint density at radius 3 is 3.00 bits per heavy atom. The highest BCUT2D eigenvalue weighted by Gasteiger charge is 2.03. The van der Waals surface area contributed by atoms with Crippen molar-refractivity contribution in [1.29, 1.82) is 0 Å². The first kappa shape index (κ1) is 9.77. The number of nitrogens with zero attached hydrogens (tertiary/aromatic N) is 3. The number of anilines is 1. The Morgan fingerprint density at radius 1 is 1.12 bits per heavy atom. The molecule has 0 aromatic carbocycles. The molecule has 0 aliphatic rings. The standard InChI is InChI=1S/C12H10N4O/c1-4-10-11(13-5-1)15-8-16-12(10)14-7-9-3-2-6-17-9/h1-6,8H,7H2,(H,13,14,15,16). The van der Waals surface area contributed by atoms with Crippen LogP contribution in [0.2, 0.25) is 0 Å². The third-order valence-corrected chi connectivity index (χ3v) is 2.42. The summed E-state index contributed by atoms with van der Waals surface area (Å²) in [5.41, 5.74) is 0.685. The molecular formula is C12H10N4O. The molecule has 0 spiro atoms. The zero-order valence-electron chi connectivity index (χ0n) is 9.00. The fourth-order valence-electron chi connectivity index (χ4n) is 1.62. The lowest BCUT2D eigenvalue weighted by Gasteiger charge is -2.05. The molecular weight excluding hydrogens is 216 g/mol. The van der Waals surface area contributed by atoms with Gasteiger partial charge in [-0.15, -0.1) is 0 Å². The van der Waals surface area contributed by atoms with Gasteiger partial charge in [0, 0.05) is 6.20 Å². The third-order valence-electron chi connectivity index (χ3n) is 2.42. The van der Waals surface area contributed by atoms with E-state index in [0.717, 1.165) is 17.0 Å². The molecule has 0 fully saturated rings. The second-order valence-electron chi connectivity index (χ2n) is 3.53. The van der Waals surface area contributed by atoms with Crippen molar-refractivity contribution in [3.63, 3.8) is 0 Å². The van der Waals surface area contributed by atoms with E-state index in [2.05, 4.69) is 20.3 Å². The largest absolute Gasteiger partial charge is 0.467 e. The van der Waals surface area contributed by atoms with E-state index in [4.69, 9.17) is 4.42 Å². The highest BCUT2D eigenvalue weighted by atomic mass is 16.3. The molecule has 0 aliphatic heterocycles. The number of furan rings is 1. The molecule has 0 saturated carbocycles. The van der Waals surface area contributed by atoms with Crippen LogP contribution in [-0.2, 0) is 6.54 Å². The Kier molecular flexibility index (Phi) is 2.42. The molecule has 0 aliphatic carbocycles. The highest BCUT2D eigenvalue weighted by Crippen LogP contribution is 2.17. The maximum Gasteiger partial charge on any atom is 0.164 e. The van der Waals surface area contributed by atoms with Gasteiger partial charge in [-0.3, -0.25) is 0 Å². The minimum absolute atomic E-state index is 0.591. The van der Waals surface area contributed by atoms with Crippen LogP contribution in [0.4, 0.5) is 5.82 Å². The predicted molar refractivity (Wildman–Crippen MR) is 63.4 cm³/mol. The van der Waals surface area contributed by atoms with E-state index in [9.17, 15) is 0 Å². The van der Waals surface area contributed by atoms with Crippen molar-refractivity contribution in [1.82, 2.24) is 15.0 Å². The Balaban J connectivity index is 1.90. The topological polar surface area (TPSA) is 63.8 Å². The van der Waals surface area contributed by atoms with Crippen molar-refractivity contribution in [3.8, 4) is 0 Å². The molecule has 3 aromatic rings. The van der Waals surface area contributed by atoms with E-state index < -0.39 is 0 Å². The molecule has 1 N–H and O–H groups in total. The minimum Gasteiger partial charge on any atom is -0.467 e. The van der Waals surface area contributed by atoms with Gasteiger partial charge < -0.3 is 9.73 Å². The van der Waals surface area contributed by atoms with Gasteiger partial charge in [-0.2, -0.15) is 0 Å². The molecule has 0 saturated heterocycles. The Hall–Kier alpha value is -2.43. The van der Waals surface area contributed by atoms with Crippen LogP contribution in [0, 0.1) is 0 Å². The molecule has 3 rings (SSSR count). The van der Waals surface area contributed by atoms with Crippen LogP contribution in [0.1, 0.15) is 5.76 Å². The van der Waals surface area contributed by atoms with Gasteiger partial charge >= 0.3 is 0 Å². The number of pyridine rings is 1. The number of aromatic nitrogens is 3. The summed E-state index contributed by atoms with van der Waals surface area (Å²) in [6.07, 6.45) is 4.86. The molecule has 5 heteroatoms. The van der Waals surface area contributed by atoms with E-state index >= 15 is 0 Å². The molecule has 0 radical (unpaired) electrons. The molecule has 3 heterocycles. The Bertz CT molecular complexity index is 616. The second kappa shape index (κ2) is 4.21. The van der Waals surface area contributed by atoms with Crippen LogP contribution in [0.3, 0.4) is 0 Å². The second-order valence-corrected chi connectivity index (χ2v) is 3.53. The molecule has 84 valence electrons. The monoisotopic (exact) mass is 226 g/mol. The van der Waals surface area contributed by atoms with Crippen molar-refractivity contribution >= 4 is 16.9 Å². The van der Waals surface area contributed by atoms with Crippen LogP contribution < -0.4 is 5.32 Å². The van der Waals surface area contributed by atoms with Gasteiger partial charge in [0.1, 0.15) is 17.9 Å². The summed E-state index contributed by atoms with van der Waals surface area (Å²) in [6, 6.07) is 7.57. The van der Waals surface area contributed by atoms with Gasteiger partial charge in [0.15, 0.2) is 5.65 Å². The van der Waals surface area contributed by atoms with E-state index in [1.165, 1.54) is 6.33 Å². The first-order chi connectivity index (χ1) is 8.43. The zero-order valence-corrected chi connectivity index (χ0v) is 9.00. The van der Waals surface area contributed by atoms with Gasteiger partial charge in [-0.05, 0) is 24.3 Å². The fourth-order valence-corrected chi connectivity index (χ4v) is 1.62. The quantitative estimate of drug-likeness (QED) is 0.741. The zero-order chi connectivity index (χ0) is 11.5. The third kappa shape index (κ3) is 1.94. The van der Waals surface area contributed by atoms with Gasteiger partial charge in [0.25, 0.3) is 0 Å². The summed E-state index contributed by atoms with van der Waals surface area (Å²) < 4.78 is 5.25. The molecule has 3 aromatic heterocycles. The van der Waals surface area contributed by atoms with Crippen LogP contribution >= 0.6 is 0 Å². The van der Waals surface area contributed by atoms with E-state index in [-0.39, 0.29) is 0 Å². The van der Waals surface area contributed by atoms with E-state index in [0.29, 0.717) is 12.2 Å². The average Bonchev–Trinajstić information content (AvgIpc) is 2.89. The summed E-state index contributed by atoms with van der Waals surface area (Å²) in [5, 5.41) is 4.11. The maximum atomic E-state index is 5.25. The predicted octanol–water partition coefficient (Wildman–Crippen LogP) is 2.23. The number of hydrogen-bond donors (Lipinski definition) is 1. The van der Waals surface area contributed by atoms with E-state index in [1.807, 2.05) is 24.3 Å². The van der Waals surface area contributed by atoms with Gasteiger partial charge in [0.2, 0.25) is 0 Å². The summed E-state index contributed by atoms with van der Waals surface area (Å²) in [7, 11) is 0. The van der Waals surface area contributed by atoms with Crippen molar-refractivity contribution in [2.75, 3.05) is 5.32 Å². The van der Waals surface area contributed by atoms with Crippen LogP contribution in [0.5, 0.6) is 0 Å². The summed E-state index contributed by atoms with van der Waals surface area (Å²) >= 11 is 0. The van der Waals surface area contributed by atoms with Crippen LogP contribution in [0.25, 0.3) is 11.0 Å². The molecule has 0 amide bonds. The van der Waals surface area contributed by atoms with Crippen molar-refractivity contribution < 1.29 is 4.42 Å². The van der Waals surface area contributed by atoms with Crippen LogP contribution in [-0.4, -0.2) is 15.0 Å². The number of rotatable bonds is 3.